The highest BCUT2D eigenvalue weighted by molar-refractivity contribution is 6.00. The highest BCUT2D eigenvalue weighted by Crippen LogP contribution is 2.30. The summed E-state index contributed by atoms with van der Waals surface area (Å²) < 4.78 is 5.38. The summed E-state index contributed by atoms with van der Waals surface area (Å²) >= 11 is 0. The van der Waals surface area contributed by atoms with Crippen molar-refractivity contribution in [3.8, 4) is 5.75 Å². The molecule has 5 nitrogen and oxygen atoms in total. The van der Waals surface area contributed by atoms with Gasteiger partial charge in [0, 0.05) is 12.6 Å². The van der Waals surface area contributed by atoms with Crippen LogP contribution in [-0.4, -0.2) is 26.0 Å². The number of hydrogen-bond acceptors (Lipinski definition) is 3. The predicted octanol–water partition coefficient (Wildman–Crippen LogP) is 3.83. The van der Waals surface area contributed by atoms with Crippen molar-refractivity contribution in [2.45, 2.75) is 5.92 Å². The molecular formula is C23H22N2O3. The Morgan fingerprint density at radius 3 is 1.93 bits per heavy atom. The first-order chi connectivity index (χ1) is 13.6. The Hall–Kier alpha value is -3.60. The van der Waals surface area contributed by atoms with E-state index in [1.54, 1.807) is 25.2 Å². The van der Waals surface area contributed by atoms with Crippen LogP contribution in [-0.2, 0) is 4.79 Å². The molecule has 5 heteroatoms. The molecule has 3 rings (SSSR count). The van der Waals surface area contributed by atoms with Gasteiger partial charge in [0.25, 0.3) is 5.91 Å². The zero-order chi connectivity index (χ0) is 19.9. The first-order valence-electron chi connectivity index (χ1n) is 8.95. The molecule has 0 aliphatic heterocycles. The van der Waals surface area contributed by atoms with Crippen LogP contribution in [0.4, 0.5) is 5.69 Å². The third kappa shape index (κ3) is 4.20. The van der Waals surface area contributed by atoms with E-state index in [0.717, 1.165) is 11.1 Å². The van der Waals surface area contributed by atoms with E-state index in [-0.39, 0.29) is 11.8 Å². The summed E-state index contributed by atoms with van der Waals surface area (Å²) in [6.07, 6.45) is 0. The van der Waals surface area contributed by atoms with Crippen molar-refractivity contribution in [1.82, 2.24) is 5.32 Å². The number of methoxy groups -OCH3 is 1. The number of anilines is 1. The molecule has 0 heterocycles. The molecule has 0 bridgehead atoms. The third-order valence-electron chi connectivity index (χ3n) is 4.48. The van der Waals surface area contributed by atoms with E-state index in [1.807, 2.05) is 60.7 Å². The zero-order valence-electron chi connectivity index (χ0n) is 15.8. The van der Waals surface area contributed by atoms with Gasteiger partial charge in [-0.2, -0.15) is 0 Å². The summed E-state index contributed by atoms with van der Waals surface area (Å²) in [5.74, 6) is -0.439. The third-order valence-corrected chi connectivity index (χ3v) is 4.48. The number of ether oxygens (including phenoxy) is 1. The minimum absolute atomic E-state index is 0.177. The molecule has 0 unspecified atom stereocenters. The molecule has 3 aromatic carbocycles. The lowest BCUT2D eigenvalue weighted by Crippen LogP contribution is -2.23. The minimum Gasteiger partial charge on any atom is -0.495 e. The second-order valence-electron chi connectivity index (χ2n) is 6.24. The molecule has 0 aliphatic rings. The first kappa shape index (κ1) is 19.2. The smallest absolute Gasteiger partial charge is 0.251 e. The summed E-state index contributed by atoms with van der Waals surface area (Å²) in [7, 11) is 3.07. The van der Waals surface area contributed by atoms with Crippen LogP contribution in [0.2, 0.25) is 0 Å². The molecule has 28 heavy (non-hydrogen) atoms. The van der Waals surface area contributed by atoms with E-state index in [0.29, 0.717) is 17.0 Å². The monoisotopic (exact) mass is 374 g/mol. The Kier molecular flexibility index (Phi) is 6.07. The van der Waals surface area contributed by atoms with Crippen molar-refractivity contribution >= 4 is 17.5 Å². The largest absolute Gasteiger partial charge is 0.495 e. The number of carbonyl (C=O) groups excluding carboxylic acids is 2. The molecule has 0 saturated heterocycles. The van der Waals surface area contributed by atoms with Crippen molar-refractivity contribution < 1.29 is 14.3 Å². The lowest BCUT2D eigenvalue weighted by Gasteiger charge is -2.19. The van der Waals surface area contributed by atoms with Crippen LogP contribution < -0.4 is 15.4 Å². The van der Waals surface area contributed by atoms with Crippen molar-refractivity contribution in [3.05, 3.63) is 95.6 Å². The molecule has 0 saturated carbocycles. The van der Waals surface area contributed by atoms with Gasteiger partial charge in [-0.3, -0.25) is 9.59 Å². The fourth-order valence-electron chi connectivity index (χ4n) is 3.07. The Morgan fingerprint density at radius 1 is 0.857 bits per heavy atom. The SMILES string of the molecule is CNC(=O)c1ccc(NC(=O)C(c2ccccc2)c2ccccc2)c(OC)c1. The summed E-state index contributed by atoms with van der Waals surface area (Å²) in [6, 6.07) is 24.2. The predicted molar refractivity (Wildman–Crippen MR) is 110 cm³/mol. The topological polar surface area (TPSA) is 67.4 Å². The second-order valence-corrected chi connectivity index (χ2v) is 6.24. The van der Waals surface area contributed by atoms with Gasteiger partial charge in [0.2, 0.25) is 5.91 Å². The van der Waals surface area contributed by atoms with E-state index in [4.69, 9.17) is 4.74 Å². The fraction of sp³-hybridized carbons (Fsp3) is 0.130. The van der Waals surface area contributed by atoms with Crippen molar-refractivity contribution in [1.29, 1.82) is 0 Å². The number of amides is 2. The Morgan fingerprint density at radius 2 is 1.43 bits per heavy atom. The van der Waals surface area contributed by atoms with E-state index in [2.05, 4.69) is 10.6 Å². The Labute approximate surface area is 164 Å². The van der Waals surface area contributed by atoms with Crippen molar-refractivity contribution in [2.75, 3.05) is 19.5 Å². The van der Waals surface area contributed by atoms with Crippen LogP contribution in [0, 0.1) is 0 Å². The maximum absolute atomic E-state index is 13.2. The second kappa shape index (κ2) is 8.86. The maximum atomic E-state index is 13.2. The Bertz CT molecular complexity index is 917. The lowest BCUT2D eigenvalue weighted by atomic mass is 9.90. The van der Waals surface area contributed by atoms with Crippen molar-refractivity contribution in [2.24, 2.45) is 0 Å². The van der Waals surface area contributed by atoms with Crippen LogP contribution in [0.15, 0.2) is 78.9 Å². The summed E-state index contributed by atoms with van der Waals surface area (Å²) in [5.41, 5.74) is 2.76. The molecule has 0 fully saturated rings. The molecule has 2 amide bonds. The Balaban J connectivity index is 1.94. The quantitative estimate of drug-likeness (QED) is 0.689. The van der Waals surface area contributed by atoms with Crippen LogP contribution in [0.25, 0.3) is 0 Å². The van der Waals surface area contributed by atoms with Gasteiger partial charge in [-0.25, -0.2) is 0 Å². The number of nitrogens with one attached hydrogen (secondary N) is 2. The first-order valence-corrected chi connectivity index (χ1v) is 8.95. The molecule has 3 aromatic rings. The molecule has 0 spiro atoms. The minimum atomic E-state index is -0.467. The van der Waals surface area contributed by atoms with E-state index >= 15 is 0 Å². The van der Waals surface area contributed by atoms with Gasteiger partial charge in [0.15, 0.2) is 0 Å². The average molecular weight is 374 g/mol. The molecule has 142 valence electrons. The lowest BCUT2D eigenvalue weighted by molar-refractivity contribution is -0.116. The summed E-state index contributed by atoms with van der Waals surface area (Å²) in [5, 5.41) is 5.52. The molecule has 2 N–H and O–H groups in total. The maximum Gasteiger partial charge on any atom is 0.251 e. The van der Waals surface area contributed by atoms with E-state index in [9.17, 15) is 9.59 Å². The highest BCUT2D eigenvalue weighted by Gasteiger charge is 2.23. The number of hydrogen-bond donors (Lipinski definition) is 2. The van der Waals surface area contributed by atoms with Crippen LogP contribution >= 0.6 is 0 Å². The van der Waals surface area contributed by atoms with E-state index in [1.165, 1.54) is 7.11 Å². The van der Waals surface area contributed by atoms with Crippen LogP contribution in [0.3, 0.4) is 0 Å². The molecule has 0 atom stereocenters. The summed E-state index contributed by atoms with van der Waals surface area (Å²) in [4.78, 5) is 25.1. The van der Waals surface area contributed by atoms with Crippen molar-refractivity contribution in [3.63, 3.8) is 0 Å². The highest BCUT2D eigenvalue weighted by atomic mass is 16.5. The van der Waals surface area contributed by atoms with Crippen LogP contribution in [0.1, 0.15) is 27.4 Å². The van der Waals surface area contributed by atoms with Gasteiger partial charge >= 0.3 is 0 Å². The van der Waals surface area contributed by atoms with Gasteiger partial charge < -0.3 is 15.4 Å². The summed E-state index contributed by atoms with van der Waals surface area (Å²) in [6.45, 7) is 0. The normalized spacial score (nSPS) is 10.4. The number of benzene rings is 3. The standard InChI is InChI=1S/C23H22N2O3/c1-24-22(26)18-13-14-19(20(15-18)28-2)25-23(27)21(16-9-5-3-6-10-16)17-11-7-4-8-12-17/h3-15,21H,1-2H3,(H,24,26)(H,25,27). The molecular weight excluding hydrogens is 352 g/mol. The van der Waals surface area contributed by atoms with Gasteiger partial charge in [-0.15, -0.1) is 0 Å². The average Bonchev–Trinajstić information content (AvgIpc) is 2.75. The fourth-order valence-corrected chi connectivity index (χ4v) is 3.07. The molecule has 0 radical (unpaired) electrons. The number of carbonyl (C=O) groups is 2. The van der Waals surface area contributed by atoms with E-state index < -0.39 is 5.92 Å². The van der Waals surface area contributed by atoms with Gasteiger partial charge in [0.05, 0.1) is 18.7 Å². The van der Waals surface area contributed by atoms with Gasteiger partial charge in [-0.05, 0) is 29.3 Å². The molecule has 0 aromatic heterocycles. The number of rotatable bonds is 6. The zero-order valence-corrected chi connectivity index (χ0v) is 15.8. The molecule has 0 aliphatic carbocycles. The van der Waals surface area contributed by atoms with Crippen LogP contribution in [0.5, 0.6) is 5.75 Å². The van der Waals surface area contributed by atoms with Gasteiger partial charge in [-0.1, -0.05) is 60.7 Å². The van der Waals surface area contributed by atoms with Gasteiger partial charge in [0.1, 0.15) is 5.75 Å².